The molecule has 0 saturated heterocycles. The minimum Gasteiger partial charge on any atom is -0.549 e. The first-order valence-electron chi connectivity index (χ1n) is 3.38. The third-order valence-corrected chi connectivity index (χ3v) is 3.22. The number of carbonyl (C=O) groups excluding carboxylic acids is 1. The van der Waals surface area contributed by atoms with Crippen molar-refractivity contribution in [3.8, 4) is 0 Å². The van der Waals surface area contributed by atoms with Crippen LogP contribution in [-0.2, 0) is 4.79 Å². The van der Waals surface area contributed by atoms with Crippen LogP contribution in [0.2, 0.25) is 10.0 Å². The summed E-state index contributed by atoms with van der Waals surface area (Å²) < 4.78 is 0. The highest BCUT2D eigenvalue weighted by atomic mass is 35.5. The zero-order chi connectivity index (χ0) is 9.84. The molecule has 0 atom stereocenters. The molecule has 0 radical (unpaired) electrons. The van der Waals surface area contributed by atoms with E-state index in [-0.39, 0.29) is 5.75 Å². The fourth-order valence-electron chi connectivity index (χ4n) is 0.752. The van der Waals surface area contributed by atoms with Gasteiger partial charge in [-0.15, -0.1) is 11.8 Å². The SMILES string of the molecule is O=C([O-])CSc1c(Cl)cccc1Cl. The second-order valence-electron chi connectivity index (χ2n) is 2.21. The second kappa shape index (κ2) is 4.74. The maximum atomic E-state index is 10.2. The van der Waals surface area contributed by atoms with Crippen molar-refractivity contribution < 1.29 is 9.90 Å². The number of rotatable bonds is 3. The highest BCUT2D eigenvalue weighted by Crippen LogP contribution is 2.33. The molecule has 1 rings (SSSR count). The van der Waals surface area contributed by atoms with Crippen LogP contribution in [0.5, 0.6) is 0 Å². The molecule has 0 amide bonds. The molecule has 1 aromatic carbocycles. The van der Waals surface area contributed by atoms with Gasteiger partial charge in [-0.25, -0.2) is 0 Å². The zero-order valence-corrected chi connectivity index (χ0v) is 8.75. The number of hydrogen-bond acceptors (Lipinski definition) is 3. The Morgan fingerprint density at radius 2 is 1.92 bits per heavy atom. The average molecular weight is 236 g/mol. The molecule has 2 nitrogen and oxygen atoms in total. The summed E-state index contributed by atoms with van der Waals surface area (Å²) in [7, 11) is 0. The largest absolute Gasteiger partial charge is 0.549 e. The van der Waals surface area contributed by atoms with Crippen LogP contribution in [0.1, 0.15) is 0 Å². The summed E-state index contributed by atoms with van der Waals surface area (Å²) in [6.45, 7) is 0. The summed E-state index contributed by atoms with van der Waals surface area (Å²) in [5.41, 5.74) is 0. The Hall–Kier alpha value is -0.380. The smallest absolute Gasteiger partial charge is 0.0557 e. The van der Waals surface area contributed by atoms with Crippen LogP contribution >= 0.6 is 35.0 Å². The van der Waals surface area contributed by atoms with Gasteiger partial charge in [0.2, 0.25) is 0 Å². The predicted octanol–water partition coefficient (Wildman–Crippen LogP) is 1.84. The van der Waals surface area contributed by atoms with E-state index >= 15 is 0 Å². The predicted molar refractivity (Wildman–Crippen MR) is 52.2 cm³/mol. The molecule has 0 heterocycles. The van der Waals surface area contributed by atoms with Crippen LogP contribution in [0.25, 0.3) is 0 Å². The third-order valence-electron chi connectivity index (χ3n) is 1.25. The van der Waals surface area contributed by atoms with E-state index in [2.05, 4.69) is 0 Å². The summed E-state index contributed by atoms with van der Waals surface area (Å²) in [4.78, 5) is 10.8. The minimum absolute atomic E-state index is 0.149. The topological polar surface area (TPSA) is 40.1 Å². The van der Waals surface area contributed by atoms with Crippen molar-refractivity contribution in [1.82, 2.24) is 0 Å². The molecular weight excluding hydrogens is 231 g/mol. The van der Waals surface area contributed by atoms with Gasteiger partial charge in [0.15, 0.2) is 0 Å². The lowest BCUT2D eigenvalue weighted by Gasteiger charge is -2.06. The van der Waals surface area contributed by atoms with Gasteiger partial charge in [0.25, 0.3) is 0 Å². The van der Waals surface area contributed by atoms with Gasteiger partial charge in [0, 0.05) is 10.6 Å². The molecule has 0 aliphatic rings. The summed E-state index contributed by atoms with van der Waals surface area (Å²) >= 11 is 12.6. The number of carbonyl (C=O) groups is 1. The summed E-state index contributed by atoms with van der Waals surface area (Å²) in [5, 5.41) is 11.1. The van der Waals surface area contributed by atoms with E-state index in [0.717, 1.165) is 11.8 Å². The highest BCUT2D eigenvalue weighted by molar-refractivity contribution is 8.00. The molecule has 0 fully saturated rings. The molecule has 0 aliphatic carbocycles. The minimum atomic E-state index is -1.14. The van der Waals surface area contributed by atoms with Crippen LogP contribution in [0.4, 0.5) is 0 Å². The van der Waals surface area contributed by atoms with E-state index in [0.29, 0.717) is 14.9 Å². The average Bonchev–Trinajstić information content (AvgIpc) is 2.03. The van der Waals surface area contributed by atoms with Gasteiger partial charge in [0.1, 0.15) is 0 Å². The van der Waals surface area contributed by atoms with Crippen molar-refractivity contribution in [2.75, 3.05) is 5.75 Å². The number of halogens is 2. The molecule has 0 aromatic heterocycles. The number of hydrogen-bond donors (Lipinski definition) is 0. The first-order chi connectivity index (χ1) is 6.11. The number of thioether (sulfide) groups is 1. The van der Waals surface area contributed by atoms with E-state index in [9.17, 15) is 9.90 Å². The van der Waals surface area contributed by atoms with E-state index in [1.165, 1.54) is 0 Å². The lowest BCUT2D eigenvalue weighted by Crippen LogP contribution is -2.24. The Kier molecular flexibility index (Phi) is 3.90. The molecule has 0 bridgehead atoms. The van der Waals surface area contributed by atoms with Crippen LogP contribution in [0.15, 0.2) is 23.1 Å². The van der Waals surface area contributed by atoms with Crippen molar-refractivity contribution in [2.45, 2.75) is 4.90 Å². The van der Waals surface area contributed by atoms with E-state index in [1.54, 1.807) is 18.2 Å². The van der Waals surface area contributed by atoms with Gasteiger partial charge < -0.3 is 9.90 Å². The lowest BCUT2D eigenvalue weighted by atomic mass is 10.4. The molecule has 13 heavy (non-hydrogen) atoms. The maximum Gasteiger partial charge on any atom is 0.0557 e. The molecule has 0 unspecified atom stereocenters. The zero-order valence-electron chi connectivity index (χ0n) is 6.42. The van der Waals surface area contributed by atoms with Gasteiger partial charge in [-0.1, -0.05) is 29.3 Å². The van der Waals surface area contributed by atoms with Crippen molar-refractivity contribution in [3.63, 3.8) is 0 Å². The van der Waals surface area contributed by atoms with Crippen molar-refractivity contribution >= 4 is 40.9 Å². The first kappa shape index (κ1) is 10.7. The molecule has 0 saturated carbocycles. The normalized spacial score (nSPS) is 10.0. The standard InChI is InChI=1S/C8H6Cl2O2S/c9-5-2-1-3-6(10)8(5)13-4-7(11)12/h1-3H,4H2,(H,11,12)/p-1. The monoisotopic (exact) mass is 235 g/mol. The van der Waals surface area contributed by atoms with E-state index in [4.69, 9.17) is 23.2 Å². The first-order valence-corrected chi connectivity index (χ1v) is 5.12. The molecule has 0 spiro atoms. The molecule has 0 N–H and O–H groups in total. The van der Waals surface area contributed by atoms with Crippen molar-refractivity contribution in [3.05, 3.63) is 28.2 Å². The fourth-order valence-corrected chi connectivity index (χ4v) is 2.15. The molecular formula is C8H5Cl2O2S-. The molecule has 70 valence electrons. The molecule has 5 heteroatoms. The van der Waals surface area contributed by atoms with Crippen LogP contribution in [0, 0.1) is 0 Å². The Morgan fingerprint density at radius 3 is 2.38 bits per heavy atom. The number of carboxylic acids is 1. The van der Waals surface area contributed by atoms with Gasteiger partial charge >= 0.3 is 0 Å². The van der Waals surface area contributed by atoms with Gasteiger partial charge in [0.05, 0.1) is 16.0 Å². The van der Waals surface area contributed by atoms with Gasteiger partial charge in [-0.2, -0.15) is 0 Å². The van der Waals surface area contributed by atoms with Gasteiger partial charge in [-0.05, 0) is 12.1 Å². The quantitative estimate of drug-likeness (QED) is 0.751. The number of benzene rings is 1. The molecule has 0 aliphatic heterocycles. The van der Waals surface area contributed by atoms with E-state index in [1.807, 2.05) is 0 Å². The molecule has 1 aromatic rings. The second-order valence-corrected chi connectivity index (χ2v) is 4.01. The van der Waals surface area contributed by atoms with E-state index < -0.39 is 5.97 Å². The Morgan fingerprint density at radius 1 is 1.38 bits per heavy atom. The fraction of sp³-hybridized carbons (Fsp3) is 0.125. The van der Waals surface area contributed by atoms with Crippen molar-refractivity contribution in [1.29, 1.82) is 0 Å². The third kappa shape index (κ3) is 3.10. The number of carboxylic acid groups (broad SMARTS) is 1. The van der Waals surface area contributed by atoms with Crippen LogP contribution in [-0.4, -0.2) is 11.7 Å². The maximum absolute atomic E-state index is 10.2. The summed E-state index contributed by atoms with van der Waals surface area (Å²) in [6.07, 6.45) is 0. The Labute approximate surface area is 89.8 Å². The Balaban J connectivity index is 2.81. The summed E-state index contributed by atoms with van der Waals surface area (Å²) in [5.74, 6) is -1.29. The number of aliphatic carboxylic acids is 1. The lowest BCUT2D eigenvalue weighted by molar-refractivity contribution is -0.301. The summed E-state index contributed by atoms with van der Waals surface area (Å²) in [6, 6.07) is 5.02. The van der Waals surface area contributed by atoms with Crippen LogP contribution < -0.4 is 5.11 Å². The van der Waals surface area contributed by atoms with Crippen molar-refractivity contribution in [2.24, 2.45) is 0 Å². The van der Waals surface area contributed by atoms with Gasteiger partial charge in [-0.3, -0.25) is 0 Å². The van der Waals surface area contributed by atoms with Crippen LogP contribution in [0.3, 0.4) is 0 Å². The highest BCUT2D eigenvalue weighted by Gasteiger charge is 2.05. The Bertz CT molecular complexity index is 308.